The molecule has 15 heavy (non-hydrogen) atoms. The summed E-state index contributed by atoms with van der Waals surface area (Å²) in [5.41, 5.74) is 6.50. The van der Waals surface area contributed by atoms with E-state index in [4.69, 9.17) is 5.73 Å². The van der Waals surface area contributed by atoms with Gasteiger partial charge >= 0.3 is 0 Å². The molecule has 1 spiro atoms. The van der Waals surface area contributed by atoms with Crippen molar-refractivity contribution in [1.29, 1.82) is 0 Å². The van der Waals surface area contributed by atoms with Gasteiger partial charge in [-0.3, -0.25) is 0 Å². The number of nitrogens with one attached hydrogen (secondary N) is 1. The Bertz CT molecular complexity index is 275. The number of hydrogen-bond acceptors (Lipinski definition) is 1. The third kappa shape index (κ3) is 1.72. The lowest BCUT2D eigenvalue weighted by molar-refractivity contribution is 0.381. The standard InChI is InChI=1S/C12H21N3/c13-11(14-9-4-3-5-9)15-10-8-12(10)6-1-2-7-12/h9-10H,1-8H2,(H3,13,14,15). The molecule has 0 aromatic carbocycles. The molecule has 1 atom stereocenters. The maximum Gasteiger partial charge on any atom is 0.189 e. The van der Waals surface area contributed by atoms with Gasteiger partial charge in [-0.25, -0.2) is 4.99 Å². The third-order valence-electron chi connectivity index (χ3n) is 4.50. The van der Waals surface area contributed by atoms with Crippen LogP contribution in [0.25, 0.3) is 0 Å². The zero-order valence-corrected chi connectivity index (χ0v) is 9.34. The van der Waals surface area contributed by atoms with Gasteiger partial charge < -0.3 is 11.1 Å². The fourth-order valence-corrected chi connectivity index (χ4v) is 3.09. The fraction of sp³-hybridized carbons (Fsp3) is 0.917. The minimum absolute atomic E-state index is 0.549. The van der Waals surface area contributed by atoms with Crippen molar-refractivity contribution in [3.8, 4) is 0 Å². The Kier molecular flexibility index (Phi) is 2.15. The van der Waals surface area contributed by atoms with Crippen LogP contribution >= 0.6 is 0 Å². The van der Waals surface area contributed by atoms with Crippen molar-refractivity contribution >= 4 is 5.96 Å². The minimum atomic E-state index is 0.549. The van der Waals surface area contributed by atoms with E-state index in [-0.39, 0.29) is 0 Å². The van der Waals surface area contributed by atoms with Gasteiger partial charge in [0.15, 0.2) is 5.96 Å². The second-order valence-electron chi connectivity index (χ2n) is 5.58. The number of hydrogen-bond donors (Lipinski definition) is 2. The van der Waals surface area contributed by atoms with Gasteiger partial charge in [0.1, 0.15) is 0 Å². The summed E-state index contributed by atoms with van der Waals surface area (Å²) in [6.45, 7) is 0. The molecule has 0 aromatic rings. The van der Waals surface area contributed by atoms with E-state index >= 15 is 0 Å². The summed E-state index contributed by atoms with van der Waals surface area (Å²) in [6.07, 6.45) is 10.8. The first-order chi connectivity index (χ1) is 7.28. The molecule has 0 aromatic heterocycles. The van der Waals surface area contributed by atoms with E-state index in [2.05, 4.69) is 10.3 Å². The van der Waals surface area contributed by atoms with Crippen molar-refractivity contribution in [3.05, 3.63) is 0 Å². The van der Waals surface area contributed by atoms with Crippen LogP contribution in [-0.2, 0) is 0 Å². The highest BCUT2D eigenvalue weighted by Gasteiger charge is 2.55. The molecule has 0 heterocycles. The molecule has 0 saturated heterocycles. The Balaban J connectivity index is 1.53. The maximum atomic E-state index is 5.91. The molecule has 0 bridgehead atoms. The molecule has 3 aliphatic carbocycles. The first kappa shape index (κ1) is 9.49. The lowest BCUT2D eigenvalue weighted by Crippen LogP contribution is -2.43. The number of rotatable bonds is 2. The molecule has 3 N–H and O–H groups in total. The Labute approximate surface area is 91.5 Å². The zero-order valence-electron chi connectivity index (χ0n) is 9.34. The second kappa shape index (κ2) is 3.39. The lowest BCUT2D eigenvalue weighted by Gasteiger charge is -2.26. The monoisotopic (exact) mass is 207 g/mol. The summed E-state index contributed by atoms with van der Waals surface area (Å²) in [5.74, 6) is 0.702. The van der Waals surface area contributed by atoms with E-state index in [1.165, 1.54) is 51.4 Å². The number of nitrogens with zero attached hydrogens (tertiary/aromatic N) is 1. The average Bonchev–Trinajstić information content (AvgIpc) is 2.59. The van der Waals surface area contributed by atoms with E-state index in [0.717, 1.165) is 0 Å². The van der Waals surface area contributed by atoms with Gasteiger partial charge in [-0.15, -0.1) is 0 Å². The van der Waals surface area contributed by atoms with Crippen LogP contribution in [0.4, 0.5) is 0 Å². The predicted octanol–water partition coefficient (Wildman–Crippen LogP) is 1.78. The van der Waals surface area contributed by atoms with E-state index < -0.39 is 0 Å². The molecule has 84 valence electrons. The number of aliphatic imine (C=N–C) groups is 1. The number of guanidine groups is 1. The topological polar surface area (TPSA) is 50.4 Å². The molecule has 0 radical (unpaired) electrons. The maximum absolute atomic E-state index is 5.91. The summed E-state index contributed by atoms with van der Waals surface area (Å²) < 4.78 is 0. The summed E-state index contributed by atoms with van der Waals surface area (Å²) in [7, 11) is 0. The van der Waals surface area contributed by atoms with Crippen molar-refractivity contribution in [2.24, 2.45) is 16.1 Å². The molecule has 3 rings (SSSR count). The fourth-order valence-electron chi connectivity index (χ4n) is 3.09. The van der Waals surface area contributed by atoms with Crippen molar-refractivity contribution < 1.29 is 0 Å². The SMILES string of the molecule is NC(=NC1CC12CCCC2)NC1CCC1. The molecular formula is C12H21N3. The highest BCUT2D eigenvalue weighted by molar-refractivity contribution is 5.78. The van der Waals surface area contributed by atoms with Crippen molar-refractivity contribution in [1.82, 2.24) is 5.32 Å². The third-order valence-corrected chi connectivity index (χ3v) is 4.50. The van der Waals surface area contributed by atoms with Gasteiger partial charge in [0.25, 0.3) is 0 Å². The smallest absolute Gasteiger partial charge is 0.189 e. The van der Waals surface area contributed by atoms with Gasteiger partial charge in [0, 0.05) is 6.04 Å². The molecule has 0 amide bonds. The van der Waals surface area contributed by atoms with Crippen LogP contribution in [0.3, 0.4) is 0 Å². The molecular weight excluding hydrogens is 186 g/mol. The average molecular weight is 207 g/mol. The quantitative estimate of drug-likeness (QED) is 0.535. The summed E-state index contributed by atoms with van der Waals surface area (Å²) >= 11 is 0. The minimum Gasteiger partial charge on any atom is -0.370 e. The van der Waals surface area contributed by atoms with Crippen LogP contribution in [0.2, 0.25) is 0 Å². The molecule has 3 heteroatoms. The molecule has 1 unspecified atom stereocenters. The molecule has 3 aliphatic rings. The number of nitrogens with two attached hydrogens (primary N) is 1. The predicted molar refractivity (Wildman–Crippen MR) is 61.7 cm³/mol. The van der Waals surface area contributed by atoms with Crippen LogP contribution in [0, 0.1) is 5.41 Å². The van der Waals surface area contributed by atoms with Crippen LogP contribution in [-0.4, -0.2) is 18.0 Å². The van der Waals surface area contributed by atoms with Gasteiger partial charge in [0.05, 0.1) is 6.04 Å². The van der Waals surface area contributed by atoms with Gasteiger partial charge in [0.2, 0.25) is 0 Å². The van der Waals surface area contributed by atoms with Gasteiger partial charge in [-0.2, -0.15) is 0 Å². The molecule has 3 saturated carbocycles. The molecule has 3 fully saturated rings. The first-order valence-electron chi connectivity index (χ1n) is 6.38. The van der Waals surface area contributed by atoms with Crippen LogP contribution in [0.1, 0.15) is 51.4 Å². The van der Waals surface area contributed by atoms with Crippen LogP contribution < -0.4 is 11.1 Å². The van der Waals surface area contributed by atoms with Gasteiger partial charge in [-0.1, -0.05) is 12.8 Å². The zero-order chi connectivity index (χ0) is 10.3. The Hall–Kier alpha value is -0.730. The Morgan fingerprint density at radius 3 is 2.53 bits per heavy atom. The second-order valence-corrected chi connectivity index (χ2v) is 5.58. The van der Waals surface area contributed by atoms with Crippen molar-refractivity contribution in [2.45, 2.75) is 63.5 Å². The van der Waals surface area contributed by atoms with E-state index in [9.17, 15) is 0 Å². The Morgan fingerprint density at radius 2 is 1.93 bits per heavy atom. The summed E-state index contributed by atoms with van der Waals surface area (Å²) in [6, 6.07) is 1.17. The Morgan fingerprint density at radius 1 is 1.20 bits per heavy atom. The lowest BCUT2D eigenvalue weighted by atomic mass is 9.93. The first-order valence-corrected chi connectivity index (χ1v) is 6.38. The van der Waals surface area contributed by atoms with E-state index in [1.54, 1.807) is 0 Å². The largest absolute Gasteiger partial charge is 0.370 e. The normalized spacial score (nSPS) is 34.1. The van der Waals surface area contributed by atoms with Crippen molar-refractivity contribution in [3.63, 3.8) is 0 Å². The van der Waals surface area contributed by atoms with E-state index in [0.29, 0.717) is 23.5 Å². The van der Waals surface area contributed by atoms with Crippen LogP contribution in [0.5, 0.6) is 0 Å². The summed E-state index contributed by atoms with van der Waals surface area (Å²) in [4.78, 5) is 4.63. The molecule has 3 nitrogen and oxygen atoms in total. The van der Waals surface area contributed by atoms with Crippen molar-refractivity contribution in [2.75, 3.05) is 0 Å². The van der Waals surface area contributed by atoms with Gasteiger partial charge in [-0.05, 0) is 43.9 Å². The summed E-state index contributed by atoms with van der Waals surface area (Å²) in [5, 5.41) is 3.32. The van der Waals surface area contributed by atoms with E-state index in [1.807, 2.05) is 0 Å². The molecule has 0 aliphatic heterocycles. The highest BCUT2D eigenvalue weighted by atomic mass is 15.1. The highest BCUT2D eigenvalue weighted by Crippen LogP contribution is 2.59. The van der Waals surface area contributed by atoms with Crippen LogP contribution in [0.15, 0.2) is 4.99 Å².